The number of ether oxygens (including phenoxy) is 2. The molecule has 0 bridgehead atoms. The van der Waals surface area contributed by atoms with Gasteiger partial charge in [-0.05, 0) is 68.3 Å². The summed E-state index contributed by atoms with van der Waals surface area (Å²) >= 11 is 0.999. The van der Waals surface area contributed by atoms with Gasteiger partial charge in [-0.3, -0.25) is 18.9 Å². The first kappa shape index (κ1) is 27.2. The van der Waals surface area contributed by atoms with Crippen LogP contribution in [0.3, 0.4) is 0 Å². The highest BCUT2D eigenvalue weighted by molar-refractivity contribution is 7.92. The third-order valence-corrected chi connectivity index (χ3v) is 8.26. The smallest absolute Gasteiger partial charge is 0.308 e. The van der Waals surface area contributed by atoms with Gasteiger partial charge < -0.3 is 14.8 Å². The molecule has 1 amide bonds. The van der Waals surface area contributed by atoms with E-state index in [0.29, 0.717) is 34.7 Å². The number of sulfonamides is 1. The molecule has 0 aliphatic carbocycles. The number of hydrogen-bond acceptors (Lipinski definition) is 7. The van der Waals surface area contributed by atoms with E-state index >= 15 is 0 Å². The Hall–Kier alpha value is -3.83. The molecule has 0 fully saturated rings. The maximum Gasteiger partial charge on any atom is 0.308 e. The average Bonchev–Trinajstić information content (AvgIpc) is 3.23. The molecule has 0 saturated heterocycles. The minimum atomic E-state index is -4.02. The zero-order chi connectivity index (χ0) is 27.4. The van der Waals surface area contributed by atoms with Crippen molar-refractivity contribution in [3.8, 4) is 11.5 Å². The second kappa shape index (κ2) is 11.3. The van der Waals surface area contributed by atoms with Crippen molar-refractivity contribution in [1.82, 2.24) is 9.88 Å². The van der Waals surface area contributed by atoms with Crippen molar-refractivity contribution in [3.63, 3.8) is 0 Å². The number of thiazole rings is 1. The van der Waals surface area contributed by atoms with Gasteiger partial charge in [-0.1, -0.05) is 29.5 Å². The molecule has 0 radical (unpaired) electrons. The van der Waals surface area contributed by atoms with Gasteiger partial charge in [0.25, 0.3) is 15.9 Å². The number of aromatic nitrogens is 1. The fraction of sp³-hybridized carbons (Fsp3) is 0.259. The summed E-state index contributed by atoms with van der Waals surface area (Å²) < 4.78 is 41.7. The molecule has 2 N–H and O–H groups in total. The summed E-state index contributed by atoms with van der Waals surface area (Å²) in [4.78, 5) is 25.2. The molecule has 11 heteroatoms. The minimum absolute atomic E-state index is 0.00539. The summed E-state index contributed by atoms with van der Waals surface area (Å²) in [6, 6.07) is 16.5. The van der Waals surface area contributed by atoms with Crippen LogP contribution in [0.1, 0.15) is 35.8 Å². The van der Waals surface area contributed by atoms with E-state index in [2.05, 4.69) is 10.0 Å². The van der Waals surface area contributed by atoms with Crippen LogP contribution in [-0.4, -0.2) is 39.7 Å². The van der Waals surface area contributed by atoms with Crippen LogP contribution in [-0.2, 0) is 16.4 Å². The lowest BCUT2D eigenvalue weighted by Crippen LogP contribution is -2.27. The van der Waals surface area contributed by atoms with E-state index in [9.17, 15) is 18.0 Å². The molecule has 1 heterocycles. The molecule has 9 nitrogen and oxygen atoms in total. The molecule has 1 aromatic heterocycles. The van der Waals surface area contributed by atoms with Crippen molar-refractivity contribution >= 4 is 43.2 Å². The Morgan fingerprint density at radius 2 is 1.74 bits per heavy atom. The molecule has 4 aromatic rings. The highest BCUT2D eigenvalue weighted by Crippen LogP contribution is 2.28. The number of fused-ring (bicyclic) bond motifs is 1. The summed E-state index contributed by atoms with van der Waals surface area (Å²) in [5, 5.41) is 2.84. The lowest BCUT2D eigenvalue weighted by Gasteiger charge is -2.14. The van der Waals surface area contributed by atoms with Crippen LogP contribution in [0.2, 0.25) is 0 Å². The van der Waals surface area contributed by atoms with Gasteiger partial charge in [0.2, 0.25) is 0 Å². The highest BCUT2D eigenvalue weighted by atomic mass is 32.2. The lowest BCUT2D eigenvalue weighted by molar-refractivity contribution is 0.0955. The Kier molecular flexibility index (Phi) is 8.08. The standard InChI is InChI=1S/C27H29N3O6S2/c1-17(2)30-22-11-10-19(16-25(22)37-27(30)32)38(33,34)29-21-8-6-5-7-20(21)26(31)28-14-13-18-9-12-23(35-3)24(15-18)36-4/h5-12,15-17,29H,13-14H2,1-4H3,(H,28,31). The fourth-order valence-corrected chi connectivity index (χ4v) is 6.33. The van der Waals surface area contributed by atoms with Gasteiger partial charge in [-0.2, -0.15) is 0 Å². The molecule has 4 rings (SSSR count). The quantitative estimate of drug-likeness (QED) is 0.299. The van der Waals surface area contributed by atoms with Crippen LogP contribution in [0.4, 0.5) is 5.69 Å². The van der Waals surface area contributed by atoms with Crippen molar-refractivity contribution in [1.29, 1.82) is 0 Å². The van der Waals surface area contributed by atoms with Gasteiger partial charge in [0.05, 0.1) is 40.6 Å². The normalized spacial score (nSPS) is 11.5. The number of amides is 1. The van der Waals surface area contributed by atoms with E-state index in [-0.39, 0.29) is 27.1 Å². The first-order valence-corrected chi connectivity index (χ1v) is 14.2. The van der Waals surface area contributed by atoms with Gasteiger partial charge in [-0.15, -0.1) is 0 Å². The first-order chi connectivity index (χ1) is 18.1. The van der Waals surface area contributed by atoms with E-state index in [4.69, 9.17) is 9.47 Å². The number of hydrogen-bond donors (Lipinski definition) is 2. The fourth-order valence-electron chi connectivity index (χ4n) is 4.10. The third-order valence-electron chi connectivity index (χ3n) is 5.97. The van der Waals surface area contributed by atoms with Crippen molar-refractivity contribution in [3.05, 3.63) is 81.5 Å². The molecule has 38 heavy (non-hydrogen) atoms. The van der Waals surface area contributed by atoms with Crippen molar-refractivity contribution in [2.75, 3.05) is 25.5 Å². The topological polar surface area (TPSA) is 116 Å². The Morgan fingerprint density at radius 3 is 2.45 bits per heavy atom. The molecule has 0 atom stereocenters. The number of benzene rings is 3. The summed E-state index contributed by atoms with van der Waals surface area (Å²) in [7, 11) is -0.901. The molecule has 3 aromatic carbocycles. The molecule has 0 aliphatic heterocycles. The van der Waals surface area contributed by atoms with E-state index in [1.54, 1.807) is 49.1 Å². The van der Waals surface area contributed by atoms with Gasteiger partial charge in [0.1, 0.15) is 0 Å². The summed E-state index contributed by atoms with van der Waals surface area (Å²) in [5.41, 5.74) is 1.98. The maximum absolute atomic E-state index is 13.2. The SMILES string of the molecule is COc1ccc(CCNC(=O)c2ccccc2NS(=O)(=O)c2ccc3c(c2)sc(=O)n3C(C)C)cc1OC. The number of anilines is 1. The van der Waals surface area contributed by atoms with Crippen LogP contribution in [0.15, 0.2) is 70.4 Å². The molecular formula is C27H29N3O6S2. The van der Waals surface area contributed by atoms with Crippen LogP contribution < -0.4 is 24.4 Å². The number of nitrogens with zero attached hydrogens (tertiary/aromatic N) is 1. The van der Waals surface area contributed by atoms with Crippen LogP contribution in [0, 0.1) is 0 Å². The number of carbonyl (C=O) groups is 1. The molecule has 0 spiro atoms. The Labute approximate surface area is 225 Å². The third kappa shape index (κ3) is 5.68. The van der Waals surface area contributed by atoms with Gasteiger partial charge >= 0.3 is 4.87 Å². The minimum Gasteiger partial charge on any atom is -0.493 e. The molecule has 0 aliphatic rings. The number of para-hydroxylation sites is 1. The van der Waals surface area contributed by atoms with Gasteiger partial charge in [0.15, 0.2) is 11.5 Å². The van der Waals surface area contributed by atoms with Crippen LogP contribution >= 0.6 is 11.3 Å². The summed E-state index contributed by atoms with van der Waals surface area (Å²) in [6.07, 6.45) is 0.541. The number of methoxy groups -OCH3 is 2. The first-order valence-electron chi connectivity index (χ1n) is 11.9. The predicted octanol–water partition coefficient (Wildman–Crippen LogP) is 4.43. The largest absolute Gasteiger partial charge is 0.493 e. The Bertz CT molecular complexity index is 1640. The summed E-state index contributed by atoms with van der Waals surface area (Å²) in [6.45, 7) is 4.13. The molecular weight excluding hydrogens is 526 g/mol. The monoisotopic (exact) mass is 555 g/mol. The second-order valence-electron chi connectivity index (χ2n) is 8.81. The molecule has 200 valence electrons. The second-order valence-corrected chi connectivity index (χ2v) is 11.5. The van der Waals surface area contributed by atoms with E-state index < -0.39 is 15.9 Å². The van der Waals surface area contributed by atoms with Crippen LogP contribution in [0.5, 0.6) is 11.5 Å². The zero-order valence-electron chi connectivity index (χ0n) is 21.5. The number of nitrogens with one attached hydrogen (secondary N) is 2. The summed E-state index contributed by atoms with van der Waals surface area (Å²) in [5.74, 6) is 0.807. The van der Waals surface area contributed by atoms with E-state index in [1.165, 1.54) is 18.2 Å². The predicted molar refractivity (Wildman–Crippen MR) is 149 cm³/mol. The lowest BCUT2D eigenvalue weighted by atomic mass is 10.1. The van der Waals surface area contributed by atoms with Gasteiger partial charge in [0, 0.05) is 12.6 Å². The Balaban J connectivity index is 1.49. The maximum atomic E-state index is 13.2. The number of carbonyl (C=O) groups excluding carboxylic acids is 1. The highest BCUT2D eigenvalue weighted by Gasteiger charge is 2.20. The zero-order valence-corrected chi connectivity index (χ0v) is 23.1. The van der Waals surface area contributed by atoms with E-state index in [1.807, 2.05) is 26.0 Å². The molecule has 0 unspecified atom stereocenters. The average molecular weight is 556 g/mol. The number of rotatable bonds is 10. The molecule has 0 saturated carbocycles. The Morgan fingerprint density at radius 1 is 1.00 bits per heavy atom. The van der Waals surface area contributed by atoms with Crippen molar-refractivity contribution < 1.29 is 22.7 Å². The van der Waals surface area contributed by atoms with Crippen molar-refractivity contribution in [2.24, 2.45) is 0 Å². The van der Waals surface area contributed by atoms with Gasteiger partial charge in [-0.25, -0.2) is 8.42 Å². The van der Waals surface area contributed by atoms with E-state index in [0.717, 1.165) is 16.9 Å². The van der Waals surface area contributed by atoms with Crippen LogP contribution in [0.25, 0.3) is 10.2 Å². The van der Waals surface area contributed by atoms with Crippen molar-refractivity contribution in [2.45, 2.75) is 31.2 Å².